The summed E-state index contributed by atoms with van der Waals surface area (Å²) >= 11 is 0. The zero-order chi connectivity index (χ0) is 8.85. The topological polar surface area (TPSA) is 101 Å². The van der Waals surface area contributed by atoms with Crippen molar-refractivity contribution in [3.63, 3.8) is 0 Å². The van der Waals surface area contributed by atoms with Crippen LogP contribution in [0.2, 0.25) is 0 Å². The van der Waals surface area contributed by atoms with E-state index in [1.165, 1.54) is 0 Å². The van der Waals surface area contributed by atoms with Crippen LogP contribution in [0.4, 0.5) is 0 Å². The van der Waals surface area contributed by atoms with Crippen molar-refractivity contribution >= 4 is 11.9 Å². The fourth-order valence-electron chi connectivity index (χ4n) is 0.305. The Balaban J connectivity index is 4.13. The van der Waals surface area contributed by atoms with Gasteiger partial charge >= 0.3 is 11.9 Å². The summed E-state index contributed by atoms with van der Waals surface area (Å²) in [4.78, 5) is 19.8. The minimum atomic E-state index is -1.28. The molecule has 0 unspecified atom stereocenters. The van der Waals surface area contributed by atoms with E-state index in [4.69, 9.17) is 15.9 Å². The molecule has 0 radical (unpaired) electrons. The normalized spacial score (nSPS) is 11.8. The van der Waals surface area contributed by atoms with Gasteiger partial charge in [-0.15, -0.1) is 0 Å². The zero-order valence-corrected chi connectivity index (χ0v) is 5.52. The Kier molecular flexibility index (Phi) is 3.44. The first-order chi connectivity index (χ1) is 5.04. The molecule has 0 saturated carbocycles. The predicted molar refractivity (Wildman–Crippen MR) is 36.7 cm³/mol. The van der Waals surface area contributed by atoms with Crippen LogP contribution < -0.4 is 5.73 Å². The maximum Gasteiger partial charge on any atom is 0.351 e. The SMILES string of the molecule is N/C(=C/C=C/C(=O)O)C(=O)O. The summed E-state index contributed by atoms with van der Waals surface area (Å²) in [5, 5.41) is 16.2. The molecule has 0 amide bonds. The molecule has 0 atom stereocenters. The lowest BCUT2D eigenvalue weighted by molar-refractivity contribution is -0.133. The van der Waals surface area contributed by atoms with E-state index in [1.54, 1.807) is 0 Å². The molecule has 4 N–H and O–H groups in total. The van der Waals surface area contributed by atoms with Crippen molar-refractivity contribution < 1.29 is 19.8 Å². The van der Waals surface area contributed by atoms with Crippen LogP contribution in [0, 0.1) is 0 Å². The van der Waals surface area contributed by atoms with E-state index in [-0.39, 0.29) is 0 Å². The van der Waals surface area contributed by atoms with Crippen LogP contribution in [0.15, 0.2) is 23.9 Å². The molecule has 0 heterocycles. The van der Waals surface area contributed by atoms with Gasteiger partial charge in [0.2, 0.25) is 0 Å². The lowest BCUT2D eigenvalue weighted by atomic mass is 10.4. The molecule has 0 aromatic carbocycles. The number of allylic oxidation sites excluding steroid dienone is 2. The lowest BCUT2D eigenvalue weighted by Gasteiger charge is -1.86. The maximum atomic E-state index is 10.0. The third-order valence-electron chi connectivity index (χ3n) is 0.762. The summed E-state index contributed by atoms with van der Waals surface area (Å²) in [5.74, 6) is -2.43. The standard InChI is InChI=1S/C6H7NO4/c7-4(6(10)11)2-1-3-5(8)9/h1-3H,7H2,(H,8,9)(H,10,11)/b3-1+,4-2+. The van der Waals surface area contributed by atoms with Crippen molar-refractivity contribution in [2.75, 3.05) is 0 Å². The fourth-order valence-corrected chi connectivity index (χ4v) is 0.305. The highest BCUT2D eigenvalue weighted by Gasteiger charge is 1.96. The quantitative estimate of drug-likeness (QED) is 0.380. The number of carbonyl (C=O) groups is 2. The number of hydrogen-bond acceptors (Lipinski definition) is 3. The fraction of sp³-hybridized carbons (Fsp3) is 0. The number of hydrogen-bond donors (Lipinski definition) is 3. The van der Waals surface area contributed by atoms with Crippen LogP contribution in [0.25, 0.3) is 0 Å². The Hall–Kier alpha value is -1.78. The van der Waals surface area contributed by atoms with Gasteiger partial charge in [-0.05, 0) is 6.08 Å². The molecule has 5 nitrogen and oxygen atoms in total. The largest absolute Gasteiger partial charge is 0.478 e. The summed E-state index contributed by atoms with van der Waals surface area (Å²) in [6.07, 6.45) is 2.83. The Bertz CT molecular complexity index is 229. The van der Waals surface area contributed by atoms with E-state index in [0.29, 0.717) is 0 Å². The summed E-state index contributed by atoms with van der Waals surface area (Å²) in [7, 11) is 0. The summed E-state index contributed by atoms with van der Waals surface area (Å²) in [6.45, 7) is 0. The van der Waals surface area contributed by atoms with Gasteiger partial charge in [-0.1, -0.05) is 6.08 Å². The average molecular weight is 157 g/mol. The molecule has 0 aromatic heterocycles. The van der Waals surface area contributed by atoms with Crippen molar-refractivity contribution in [3.05, 3.63) is 23.9 Å². The molecular weight excluding hydrogens is 150 g/mol. The highest BCUT2D eigenvalue weighted by Crippen LogP contribution is 1.84. The Morgan fingerprint density at radius 3 is 2.18 bits per heavy atom. The first-order valence-corrected chi connectivity index (χ1v) is 2.64. The van der Waals surface area contributed by atoms with Gasteiger partial charge in [0.15, 0.2) is 0 Å². The van der Waals surface area contributed by atoms with Crippen LogP contribution >= 0.6 is 0 Å². The third kappa shape index (κ3) is 4.71. The van der Waals surface area contributed by atoms with E-state index in [2.05, 4.69) is 0 Å². The van der Waals surface area contributed by atoms with Crippen LogP contribution in [0.3, 0.4) is 0 Å². The second-order valence-electron chi connectivity index (χ2n) is 1.62. The summed E-state index contributed by atoms with van der Waals surface area (Å²) in [5.41, 5.74) is 4.52. The molecule has 60 valence electrons. The second kappa shape index (κ2) is 4.10. The molecule has 0 bridgehead atoms. The molecule has 0 aliphatic heterocycles. The molecule has 11 heavy (non-hydrogen) atoms. The van der Waals surface area contributed by atoms with E-state index >= 15 is 0 Å². The Morgan fingerprint density at radius 2 is 1.82 bits per heavy atom. The molecule has 0 saturated heterocycles. The molecular formula is C6H7NO4. The number of aliphatic carboxylic acids is 2. The van der Waals surface area contributed by atoms with Gasteiger partial charge < -0.3 is 15.9 Å². The van der Waals surface area contributed by atoms with Crippen LogP contribution in [0.5, 0.6) is 0 Å². The zero-order valence-electron chi connectivity index (χ0n) is 5.52. The molecule has 0 aliphatic rings. The maximum absolute atomic E-state index is 10.0. The molecule has 0 spiro atoms. The monoisotopic (exact) mass is 157 g/mol. The van der Waals surface area contributed by atoms with Gasteiger partial charge in [-0.2, -0.15) is 0 Å². The van der Waals surface area contributed by atoms with Gasteiger partial charge in [0.05, 0.1) is 0 Å². The van der Waals surface area contributed by atoms with Crippen LogP contribution in [-0.4, -0.2) is 22.2 Å². The van der Waals surface area contributed by atoms with Gasteiger partial charge in [-0.3, -0.25) is 0 Å². The molecule has 0 aliphatic carbocycles. The molecule has 5 heteroatoms. The van der Waals surface area contributed by atoms with Crippen molar-refractivity contribution in [2.24, 2.45) is 5.73 Å². The van der Waals surface area contributed by atoms with Crippen LogP contribution in [0.1, 0.15) is 0 Å². The van der Waals surface area contributed by atoms with Crippen molar-refractivity contribution in [3.8, 4) is 0 Å². The van der Waals surface area contributed by atoms with E-state index in [9.17, 15) is 9.59 Å². The molecule has 0 rings (SSSR count). The summed E-state index contributed by atoms with van der Waals surface area (Å²) in [6, 6.07) is 0. The lowest BCUT2D eigenvalue weighted by Crippen LogP contribution is -2.08. The number of carboxylic acids is 2. The highest BCUT2D eigenvalue weighted by molar-refractivity contribution is 5.86. The molecule has 0 fully saturated rings. The second-order valence-corrected chi connectivity index (χ2v) is 1.62. The van der Waals surface area contributed by atoms with Crippen molar-refractivity contribution in [2.45, 2.75) is 0 Å². The third-order valence-corrected chi connectivity index (χ3v) is 0.762. The predicted octanol–water partition coefficient (Wildman–Crippen LogP) is -0.446. The average Bonchev–Trinajstić information content (AvgIpc) is 1.86. The first kappa shape index (κ1) is 9.22. The van der Waals surface area contributed by atoms with Gasteiger partial charge in [0.1, 0.15) is 5.70 Å². The number of nitrogens with two attached hydrogens (primary N) is 1. The van der Waals surface area contributed by atoms with E-state index in [1.807, 2.05) is 0 Å². The van der Waals surface area contributed by atoms with Crippen molar-refractivity contribution in [1.29, 1.82) is 0 Å². The Morgan fingerprint density at radius 1 is 1.27 bits per heavy atom. The molecule has 0 aromatic rings. The van der Waals surface area contributed by atoms with Gasteiger partial charge in [0.25, 0.3) is 0 Å². The number of carboxylic acid groups (broad SMARTS) is 2. The summed E-state index contributed by atoms with van der Waals surface area (Å²) < 4.78 is 0. The minimum Gasteiger partial charge on any atom is -0.478 e. The smallest absolute Gasteiger partial charge is 0.351 e. The van der Waals surface area contributed by atoms with Crippen molar-refractivity contribution in [1.82, 2.24) is 0 Å². The minimum absolute atomic E-state index is 0.400. The highest BCUT2D eigenvalue weighted by atomic mass is 16.4. The van der Waals surface area contributed by atoms with Crippen LogP contribution in [-0.2, 0) is 9.59 Å². The number of rotatable bonds is 3. The van der Waals surface area contributed by atoms with E-state index in [0.717, 1.165) is 18.2 Å². The van der Waals surface area contributed by atoms with E-state index < -0.39 is 17.6 Å². The van der Waals surface area contributed by atoms with Gasteiger partial charge in [-0.25, -0.2) is 9.59 Å². The Labute approximate surface area is 62.4 Å². The first-order valence-electron chi connectivity index (χ1n) is 2.64. The van der Waals surface area contributed by atoms with Gasteiger partial charge in [0, 0.05) is 6.08 Å².